The van der Waals surface area contributed by atoms with Gasteiger partial charge in [-0.3, -0.25) is 13.4 Å². The molecule has 656 valence electrons. The number of aromatic amines is 1. The summed E-state index contributed by atoms with van der Waals surface area (Å²) < 4.78 is 188. The molecule has 0 saturated carbocycles. The minimum absolute atomic E-state index is 0.00120. The van der Waals surface area contributed by atoms with Gasteiger partial charge in [0.25, 0.3) is 46.0 Å². The lowest BCUT2D eigenvalue weighted by Gasteiger charge is -2.36. The Morgan fingerprint density at radius 2 is 0.836 bits per heavy atom. The van der Waals surface area contributed by atoms with E-state index in [1.54, 1.807) is 130 Å². The predicted molar refractivity (Wildman–Crippen MR) is 529 cm³/mol. The molecule has 0 radical (unpaired) electrons. The third-order valence-corrected chi connectivity index (χ3v) is 35.6. The molecule has 0 unspecified atom stereocenters. The third kappa shape index (κ3) is 17.5. The van der Waals surface area contributed by atoms with Crippen LogP contribution in [0.15, 0.2) is 301 Å². The number of aromatic nitrogens is 2. The summed E-state index contributed by atoms with van der Waals surface area (Å²) in [6.45, 7) is 1.19. The van der Waals surface area contributed by atoms with Crippen LogP contribution in [-0.2, 0) is 72.8 Å². The number of carbonyl (C=O) groups is 1. The zero-order valence-corrected chi connectivity index (χ0v) is 83.3. The van der Waals surface area contributed by atoms with Crippen molar-refractivity contribution in [2.75, 3.05) is 57.7 Å². The van der Waals surface area contributed by atoms with Gasteiger partial charge in [0.15, 0.2) is 0 Å². The quantitative estimate of drug-likeness (QED) is 0.0787. The number of anilines is 5. The number of amides is 1. The number of carbonyl (C=O) groups excluding carboxylic acids is 1. The number of ether oxygens (including phenoxy) is 5. The van der Waals surface area contributed by atoms with Crippen LogP contribution in [0.25, 0.3) is 53.8 Å². The van der Waals surface area contributed by atoms with E-state index in [0.717, 1.165) is 82.6 Å². The maximum atomic E-state index is 15.4. The Bertz CT molecular complexity index is 7250. The van der Waals surface area contributed by atoms with Gasteiger partial charge in [0.1, 0.15) is 28.7 Å². The van der Waals surface area contributed by atoms with Gasteiger partial charge < -0.3 is 38.1 Å². The smallest absolute Gasteiger partial charge is 0.366 e. The summed E-state index contributed by atoms with van der Waals surface area (Å²) in [7, 11) is -6.33. The Kier molecular flexibility index (Phi) is 26.7. The molecule has 20 rings (SSSR count). The number of halogens is 8. The maximum absolute atomic E-state index is 15.4. The van der Waals surface area contributed by atoms with Gasteiger partial charge in [0, 0.05) is 40.4 Å². The number of H-pyrrole nitrogens is 1. The highest BCUT2D eigenvalue weighted by molar-refractivity contribution is 14.1. The number of methoxy groups -OCH3 is 5. The second-order valence-electron chi connectivity index (χ2n) is 28.8. The van der Waals surface area contributed by atoms with Crippen molar-refractivity contribution >= 4 is 208 Å². The van der Waals surface area contributed by atoms with E-state index in [1.165, 1.54) is 111 Å². The summed E-state index contributed by atoms with van der Waals surface area (Å²) in [5, 5.41) is 0. The van der Waals surface area contributed by atoms with Crippen molar-refractivity contribution in [3.8, 4) is 82.6 Å². The van der Waals surface area contributed by atoms with Crippen LogP contribution in [0.4, 0.5) is 41.6 Å². The summed E-state index contributed by atoms with van der Waals surface area (Å²) in [6, 6.07) is 73.8. The van der Waals surface area contributed by atoms with Gasteiger partial charge in [-0.25, -0.2) is 42.4 Å². The number of thiophene rings is 3. The first-order valence-electron chi connectivity index (χ1n) is 38.6. The van der Waals surface area contributed by atoms with Crippen molar-refractivity contribution in [1.29, 1.82) is 0 Å². The highest BCUT2D eigenvalue weighted by Gasteiger charge is 2.53. The lowest BCUT2D eigenvalue weighted by molar-refractivity contribution is 0.00904. The number of fused-ring (bicyclic) bond motifs is 15. The standard InChI is InChI=1S/C19H14BrNO2S.C19H17IN2O3S.C18H15BrN2O3S.C18H12F2INO3S2.C18H13FINO3S2/c1-23-14-8-6-12(7-9-14)19(22)21-11-13-4-2-3-5-15(13)18-16(21)10-17(20)24-18;1-21-18(20)11-17-19(21)16-6-4-3-5-13(16)12-22(17)26(23,24)15-9-7-14(25-2)8-10-15;1-24-13-6-8-14(9-7-13)25(22,23)21-11-12-4-2-3-5-15(12)18-16(21)10-17(19)20-18;1-25-11-6-8-12(9-7-11)27(23,24)22-15-10-16(21)26-17(15)13-4-2-3-5-14(13)18(22,19)20;1-24-11-6-8-12(9-7-11)26(22,23)21-15-10-16(20)25-17(15)13-4-2-3-5-14(13)18(21)19/h2-10H,11H2,1H3;3-11H,12H2,1-2H3;2-10,20H,11H2,1H3;2-10H,1H3;2-10,18H,1H3/t;;;;18-/m....1/s1. The molecule has 0 saturated heterocycles. The van der Waals surface area contributed by atoms with Crippen LogP contribution in [0.5, 0.6) is 28.7 Å². The van der Waals surface area contributed by atoms with E-state index in [1.807, 2.05) is 148 Å². The van der Waals surface area contributed by atoms with Crippen molar-refractivity contribution < 1.29 is 75.3 Å². The lowest BCUT2D eigenvalue weighted by Crippen LogP contribution is -2.46. The molecule has 5 aliphatic rings. The molecule has 0 aliphatic carbocycles. The first-order chi connectivity index (χ1) is 61.3. The van der Waals surface area contributed by atoms with Crippen molar-refractivity contribution in [3.05, 3.63) is 324 Å². The Labute approximate surface area is 807 Å². The highest BCUT2D eigenvalue weighted by atomic mass is 127. The van der Waals surface area contributed by atoms with E-state index < -0.39 is 52.4 Å². The molecular weight excluding hydrogens is 2250 g/mol. The summed E-state index contributed by atoms with van der Waals surface area (Å²) in [4.78, 5) is 20.8. The molecule has 1 N–H and O–H groups in total. The summed E-state index contributed by atoms with van der Waals surface area (Å²) >= 11 is 17.7. The van der Waals surface area contributed by atoms with Crippen molar-refractivity contribution in [2.45, 2.75) is 51.6 Å². The topological polar surface area (TPSA) is 237 Å². The monoisotopic (exact) mass is 2320 g/mol. The van der Waals surface area contributed by atoms with Gasteiger partial charge in [0.2, 0.25) is 6.30 Å². The number of alkyl halides is 3. The van der Waals surface area contributed by atoms with Gasteiger partial charge in [0.05, 0.1) is 153 Å². The first kappa shape index (κ1) is 91.6. The molecule has 5 aliphatic heterocycles. The summed E-state index contributed by atoms with van der Waals surface area (Å²) in [5.41, 5.74) is 12.6. The van der Waals surface area contributed by atoms with Crippen LogP contribution in [0.3, 0.4) is 0 Å². The normalized spacial score (nSPS) is 14.1. The van der Waals surface area contributed by atoms with E-state index in [2.05, 4.69) is 94.2 Å². The van der Waals surface area contributed by atoms with Crippen LogP contribution in [0.1, 0.15) is 44.5 Å². The molecule has 0 fully saturated rings. The minimum atomic E-state index is -4.51. The molecule has 0 bridgehead atoms. The van der Waals surface area contributed by atoms with E-state index in [9.17, 15) is 38.5 Å². The fourth-order valence-corrected chi connectivity index (χ4v) is 27.6. The van der Waals surface area contributed by atoms with Gasteiger partial charge in [-0.15, -0.1) is 34.0 Å². The Morgan fingerprint density at radius 3 is 1.36 bits per heavy atom. The Morgan fingerprint density at radius 1 is 0.430 bits per heavy atom. The average molecular weight is 2320 g/mol. The van der Waals surface area contributed by atoms with Crippen LogP contribution < -0.4 is 45.8 Å². The minimum Gasteiger partial charge on any atom is -0.497 e. The molecule has 10 aromatic carbocycles. The molecule has 5 aromatic heterocycles. The zero-order valence-electron chi connectivity index (χ0n) is 68.0. The molecule has 1 amide bonds. The maximum Gasteiger partial charge on any atom is 0.366 e. The van der Waals surface area contributed by atoms with Gasteiger partial charge in [-0.1, -0.05) is 121 Å². The largest absolute Gasteiger partial charge is 0.497 e. The molecular formula is C92H71Br2F3I3N7O14S7. The molecule has 21 nitrogen and oxygen atoms in total. The molecule has 1 atom stereocenters. The fourth-order valence-electron chi connectivity index (χ4n) is 15.3. The number of hydrogen-bond acceptors (Lipinski definition) is 17. The molecule has 36 heteroatoms. The summed E-state index contributed by atoms with van der Waals surface area (Å²) in [5.74, 6) is 2.97. The second kappa shape index (κ2) is 37.3. The number of sulfonamides is 4. The number of nitrogens with zero attached hydrogens (tertiary/aromatic N) is 6. The average Bonchev–Trinajstić information content (AvgIpc) is 1.45. The van der Waals surface area contributed by atoms with E-state index in [0.29, 0.717) is 81.3 Å². The molecule has 10 heterocycles. The van der Waals surface area contributed by atoms with Crippen LogP contribution in [0.2, 0.25) is 0 Å². The number of benzene rings is 10. The Balaban J connectivity index is 0.000000118. The van der Waals surface area contributed by atoms with E-state index in [4.69, 9.17) is 23.7 Å². The SMILES string of the molecule is COc1ccc(C(=O)N2Cc3ccccc3-c3sc(Br)cc32)cc1.COc1ccc(S(=O)(=O)N2Cc3ccccc3-c3[nH]c(Br)cc32)cc1.COc1ccc(S(=O)(=O)N2Cc3ccccc3-c3c2cc(I)n3C)cc1.COc1ccc(S(=O)(=O)N2c3cc(I)sc3-c3ccccc3C2(F)F)cc1.COc1ccc(S(=O)(=O)N2c3cc(I)sc3-c3ccccc3[C@@H]2F)cc1. The third-order valence-electron chi connectivity index (χ3n) is 21.5. The zero-order chi connectivity index (χ0) is 90.6. The van der Waals surface area contributed by atoms with Crippen molar-refractivity contribution in [3.63, 3.8) is 0 Å². The van der Waals surface area contributed by atoms with Crippen molar-refractivity contribution in [1.82, 2.24) is 9.55 Å². The number of nitrogens with one attached hydrogen (secondary N) is 1. The molecule has 128 heavy (non-hydrogen) atoms. The van der Waals surface area contributed by atoms with E-state index >= 15 is 13.2 Å². The molecule has 15 aromatic rings. The van der Waals surface area contributed by atoms with Crippen LogP contribution >= 0.6 is 134 Å². The van der Waals surface area contributed by atoms with Gasteiger partial charge in [-0.2, -0.15) is 13.1 Å². The van der Waals surface area contributed by atoms with Gasteiger partial charge in [-0.05, 0) is 274 Å². The van der Waals surface area contributed by atoms with Crippen LogP contribution in [0, 0.1) is 9.47 Å². The Hall–Kier alpha value is -9.73. The first-order valence-corrected chi connectivity index (χ1v) is 51.6. The second-order valence-corrected chi connectivity index (χ2v) is 46.4. The number of rotatable bonds is 14. The van der Waals surface area contributed by atoms with E-state index in [-0.39, 0.29) is 41.0 Å². The van der Waals surface area contributed by atoms with Crippen molar-refractivity contribution in [2.24, 2.45) is 7.05 Å². The fraction of sp³-hybridized carbons (Fsp3) is 0.120. The highest BCUT2D eigenvalue weighted by Crippen LogP contribution is 2.57. The van der Waals surface area contributed by atoms with Gasteiger partial charge >= 0.3 is 6.05 Å². The molecule has 0 spiro atoms. The summed E-state index contributed by atoms with van der Waals surface area (Å²) in [6.07, 6.45) is -1.78. The lowest BCUT2D eigenvalue weighted by atomic mass is 9.99. The van der Waals surface area contributed by atoms with Crippen LogP contribution in [-0.4, -0.2) is 84.7 Å². The predicted octanol–water partition coefficient (Wildman–Crippen LogP) is 24.0. The number of hydrogen-bond donors (Lipinski definition) is 1.